The fraction of sp³-hybridized carbons (Fsp3) is 0.200. The monoisotopic (exact) mass is 375 g/mol. The number of alkyl halides is 3. The van der Waals surface area contributed by atoms with Crippen molar-refractivity contribution in [2.75, 3.05) is 12.4 Å². The molecule has 0 bridgehead atoms. The van der Waals surface area contributed by atoms with Gasteiger partial charge in [-0.05, 0) is 12.1 Å². The van der Waals surface area contributed by atoms with Crippen LogP contribution in [0, 0.1) is 6.92 Å². The first-order valence-corrected chi connectivity index (χ1v) is 7.48. The molecule has 0 radical (unpaired) electrons. The van der Waals surface area contributed by atoms with E-state index in [4.69, 9.17) is 27.6 Å². The van der Waals surface area contributed by atoms with Crippen LogP contribution in [0.1, 0.15) is 11.5 Å². The van der Waals surface area contributed by atoms with Crippen LogP contribution < -0.4 is 5.32 Å². The van der Waals surface area contributed by atoms with E-state index in [2.05, 4.69) is 15.3 Å². The molecule has 1 N–H and O–H groups in total. The SMILES string of the molecule is CNc1cc(Cl)c2nc(C)oc2c1-c1ncc(C(F)(F)F)cc1Cl. The highest BCUT2D eigenvalue weighted by molar-refractivity contribution is 6.37. The number of halogens is 5. The van der Waals surface area contributed by atoms with E-state index in [1.807, 2.05) is 0 Å². The molecule has 2 aromatic heterocycles. The summed E-state index contributed by atoms with van der Waals surface area (Å²) in [5.74, 6) is 0.365. The third kappa shape index (κ3) is 2.78. The van der Waals surface area contributed by atoms with E-state index in [1.165, 1.54) is 0 Å². The topological polar surface area (TPSA) is 51.0 Å². The molecule has 0 aliphatic carbocycles. The summed E-state index contributed by atoms with van der Waals surface area (Å²) in [7, 11) is 1.64. The van der Waals surface area contributed by atoms with Gasteiger partial charge in [0, 0.05) is 25.9 Å². The van der Waals surface area contributed by atoms with Gasteiger partial charge < -0.3 is 9.73 Å². The van der Waals surface area contributed by atoms with Crippen LogP contribution in [0.2, 0.25) is 10.0 Å². The number of nitrogens with one attached hydrogen (secondary N) is 1. The molecule has 0 unspecified atom stereocenters. The molecule has 3 rings (SSSR count). The maximum atomic E-state index is 12.8. The second kappa shape index (κ2) is 5.82. The lowest BCUT2D eigenvalue weighted by atomic mass is 10.1. The van der Waals surface area contributed by atoms with Crippen molar-refractivity contribution < 1.29 is 17.6 Å². The van der Waals surface area contributed by atoms with Gasteiger partial charge in [0.25, 0.3) is 0 Å². The van der Waals surface area contributed by atoms with Crippen molar-refractivity contribution in [2.45, 2.75) is 13.1 Å². The highest BCUT2D eigenvalue weighted by Crippen LogP contribution is 2.42. The Hall–Kier alpha value is -1.99. The summed E-state index contributed by atoms with van der Waals surface area (Å²) in [4.78, 5) is 8.07. The van der Waals surface area contributed by atoms with Gasteiger partial charge in [-0.2, -0.15) is 13.2 Å². The number of aryl methyl sites for hydroxylation is 1. The zero-order valence-electron chi connectivity index (χ0n) is 12.4. The normalized spacial score (nSPS) is 12.0. The summed E-state index contributed by atoms with van der Waals surface area (Å²) in [6.07, 6.45) is -3.80. The quantitative estimate of drug-likeness (QED) is 0.636. The van der Waals surface area contributed by atoms with E-state index in [1.54, 1.807) is 20.0 Å². The van der Waals surface area contributed by atoms with E-state index in [0.717, 1.165) is 12.3 Å². The van der Waals surface area contributed by atoms with E-state index < -0.39 is 11.7 Å². The predicted octanol–water partition coefficient (Wildman–Crippen LogP) is 5.57. The maximum Gasteiger partial charge on any atom is 0.417 e. The maximum absolute atomic E-state index is 12.8. The molecule has 0 amide bonds. The molecule has 1 aromatic carbocycles. The van der Waals surface area contributed by atoms with Gasteiger partial charge in [-0.25, -0.2) is 4.98 Å². The number of fused-ring (bicyclic) bond motifs is 1. The number of oxazole rings is 1. The molecule has 24 heavy (non-hydrogen) atoms. The van der Waals surface area contributed by atoms with Crippen LogP contribution in [0.25, 0.3) is 22.4 Å². The zero-order chi connectivity index (χ0) is 17.6. The highest BCUT2D eigenvalue weighted by Gasteiger charge is 2.32. The van der Waals surface area contributed by atoms with Gasteiger partial charge in [-0.1, -0.05) is 23.2 Å². The molecular formula is C15H10Cl2F3N3O. The number of nitrogens with zero attached hydrogens (tertiary/aromatic N) is 2. The lowest BCUT2D eigenvalue weighted by molar-refractivity contribution is -0.137. The van der Waals surface area contributed by atoms with Gasteiger partial charge in [0.05, 0.1) is 26.9 Å². The molecular weight excluding hydrogens is 366 g/mol. The molecule has 9 heteroatoms. The van der Waals surface area contributed by atoms with E-state index in [-0.39, 0.29) is 10.7 Å². The molecule has 0 aliphatic rings. The van der Waals surface area contributed by atoms with E-state index in [0.29, 0.717) is 33.3 Å². The van der Waals surface area contributed by atoms with Crippen molar-refractivity contribution in [3.63, 3.8) is 0 Å². The Morgan fingerprint density at radius 1 is 1.17 bits per heavy atom. The third-order valence-corrected chi connectivity index (χ3v) is 3.98. The largest absolute Gasteiger partial charge is 0.440 e. The van der Waals surface area contributed by atoms with Crippen LogP contribution in [0.3, 0.4) is 0 Å². The number of hydrogen-bond acceptors (Lipinski definition) is 4. The van der Waals surface area contributed by atoms with Gasteiger partial charge in [-0.3, -0.25) is 4.98 Å². The van der Waals surface area contributed by atoms with Crippen LogP contribution in [0.5, 0.6) is 0 Å². The molecule has 0 saturated heterocycles. The molecule has 0 fully saturated rings. The molecule has 3 aromatic rings. The van der Waals surface area contributed by atoms with Gasteiger partial charge in [0.15, 0.2) is 11.5 Å². The molecule has 126 valence electrons. The predicted molar refractivity (Wildman–Crippen MR) is 86.5 cm³/mol. The van der Waals surface area contributed by atoms with Crippen molar-refractivity contribution >= 4 is 40.0 Å². The highest BCUT2D eigenvalue weighted by atomic mass is 35.5. The summed E-state index contributed by atoms with van der Waals surface area (Å²) in [6.45, 7) is 1.64. The van der Waals surface area contributed by atoms with Crippen molar-refractivity contribution in [3.05, 3.63) is 39.8 Å². The number of aromatic nitrogens is 2. The Morgan fingerprint density at radius 3 is 2.46 bits per heavy atom. The Morgan fingerprint density at radius 2 is 1.88 bits per heavy atom. The zero-order valence-corrected chi connectivity index (χ0v) is 13.9. The van der Waals surface area contributed by atoms with Crippen LogP contribution in [-0.2, 0) is 6.18 Å². The fourth-order valence-corrected chi connectivity index (χ4v) is 2.86. The first kappa shape index (κ1) is 16.9. The second-order valence-corrected chi connectivity index (χ2v) is 5.81. The summed E-state index contributed by atoms with van der Waals surface area (Å²) < 4.78 is 44.0. The van der Waals surface area contributed by atoms with Crippen molar-refractivity contribution in [1.29, 1.82) is 0 Å². The third-order valence-electron chi connectivity index (χ3n) is 3.40. The molecule has 0 aliphatic heterocycles. The van der Waals surface area contributed by atoms with Gasteiger partial charge >= 0.3 is 6.18 Å². The van der Waals surface area contributed by atoms with Crippen molar-refractivity contribution in [1.82, 2.24) is 9.97 Å². The molecule has 4 nitrogen and oxygen atoms in total. The number of benzene rings is 1. The minimum absolute atomic E-state index is 0.145. The Labute approximate surface area is 144 Å². The minimum Gasteiger partial charge on any atom is -0.440 e. The Kier molecular flexibility index (Phi) is 4.09. The average molecular weight is 376 g/mol. The molecule has 0 atom stereocenters. The smallest absolute Gasteiger partial charge is 0.417 e. The van der Waals surface area contributed by atoms with Crippen molar-refractivity contribution in [2.24, 2.45) is 0 Å². The lowest BCUT2D eigenvalue weighted by Crippen LogP contribution is -2.06. The van der Waals surface area contributed by atoms with Crippen LogP contribution in [0.4, 0.5) is 18.9 Å². The Bertz CT molecular complexity index is 938. The summed E-state index contributed by atoms with van der Waals surface area (Å²) >= 11 is 12.2. The van der Waals surface area contributed by atoms with E-state index in [9.17, 15) is 13.2 Å². The number of rotatable bonds is 2. The molecule has 0 saturated carbocycles. The number of hydrogen-bond donors (Lipinski definition) is 1. The summed E-state index contributed by atoms with van der Waals surface area (Å²) in [5, 5.41) is 3.11. The first-order chi connectivity index (χ1) is 11.2. The number of pyridine rings is 1. The van der Waals surface area contributed by atoms with Crippen molar-refractivity contribution in [3.8, 4) is 11.3 Å². The summed E-state index contributed by atoms with van der Waals surface area (Å²) in [6, 6.07) is 2.42. The van der Waals surface area contributed by atoms with Gasteiger partial charge in [-0.15, -0.1) is 0 Å². The standard InChI is InChI=1S/C15H10Cl2F3N3O/c1-6-23-13-9(17)4-10(21-2)11(14(13)24-6)12-8(16)3-7(5-22-12)15(18,19)20/h3-5,21H,1-2H3. The minimum atomic E-state index is -4.53. The van der Waals surface area contributed by atoms with Crippen LogP contribution in [0.15, 0.2) is 22.7 Å². The molecule has 0 spiro atoms. The first-order valence-electron chi connectivity index (χ1n) is 6.73. The van der Waals surface area contributed by atoms with Crippen LogP contribution >= 0.6 is 23.2 Å². The summed E-state index contributed by atoms with van der Waals surface area (Å²) in [5.41, 5.74) is 0.821. The Balaban J connectivity index is 2.31. The second-order valence-electron chi connectivity index (χ2n) is 4.99. The van der Waals surface area contributed by atoms with E-state index >= 15 is 0 Å². The number of anilines is 1. The van der Waals surface area contributed by atoms with Crippen LogP contribution in [-0.4, -0.2) is 17.0 Å². The lowest BCUT2D eigenvalue weighted by Gasteiger charge is -2.13. The fourth-order valence-electron chi connectivity index (χ4n) is 2.36. The average Bonchev–Trinajstić information content (AvgIpc) is 2.88. The van der Waals surface area contributed by atoms with Gasteiger partial charge in [0.2, 0.25) is 0 Å². The van der Waals surface area contributed by atoms with Gasteiger partial charge in [0.1, 0.15) is 5.52 Å². The molecule has 2 heterocycles.